The van der Waals surface area contributed by atoms with Gasteiger partial charge in [0.05, 0.1) is 0 Å². The van der Waals surface area contributed by atoms with Gasteiger partial charge in [0.15, 0.2) is 0 Å². The molecule has 5 nitrogen and oxygen atoms in total. The lowest BCUT2D eigenvalue weighted by Gasteiger charge is -2.15. The number of rotatable bonds is 4. The maximum Gasteiger partial charge on any atom is 0.315 e. The summed E-state index contributed by atoms with van der Waals surface area (Å²) in [5.41, 5.74) is 0.979. The molecule has 0 spiro atoms. The van der Waals surface area contributed by atoms with Gasteiger partial charge in [0.2, 0.25) is 0 Å². The predicted molar refractivity (Wildman–Crippen MR) is 70.1 cm³/mol. The average Bonchev–Trinajstić information content (AvgIpc) is 2.35. The number of carbonyl (C=O) groups is 2. The van der Waals surface area contributed by atoms with Crippen LogP contribution in [-0.2, 0) is 9.59 Å². The lowest BCUT2D eigenvalue weighted by molar-refractivity contribution is -0.142. The Kier molecular flexibility index (Phi) is 5.30. The van der Waals surface area contributed by atoms with Crippen molar-refractivity contribution in [2.75, 3.05) is 18.9 Å². The normalized spacial score (nSPS) is 9.94. The molecule has 1 N–H and O–H groups in total. The number of hydrogen-bond donors (Lipinski definition) is 1. The minimum Gasteiger partial charge on any atom is -0.338 e. The first kappa shape index (κ1) is 14.2. The van der Waals surface area contributed by atoms with Crippen LogP contribution in [0, 0.1) is 6.92 Å². The summed E-state index contributed by atoms with van der Waals surface area (Å²) in [7, 11) is 1.63. The van der Waals surface area contributed by atoms with E-state index in [1.165, 1.54) is 4.90 Å². The summed E-state index contributed by atoms with van der Waals surface area (Å²) in [5.74, 6) is -0.782. The number of hydrogen-bond acceptors (Lipinski definition) is 3. The molecule has 1 rings (SSSR count). The van der Waals surface area contributed by atoms with Crippen LogP contribution in [0.4, 0.5) is 5.82 Å². The summed E-state index contributed by atoms with van der Waals surface area (Å²) in [5, 5.41) is 2.50. The third kappa shape index (κ3) is 4.16. The third-order valence-electron chi connectivity index (χ3n) is 2.55. The first-order chi connectivity index (χ1) is 8.54. The highest BCUT2D eigenvalue weighted by Gasteiger charge is 2.18. The van der Waals surface area contributed by atoms with E-state index in [-0.39, 0.29) is 0 Å². The largest absolute Gasteiger partial charge is 0.338 e. The SMILES string of the molecule is CCCCN(C)C(=O)C(=O)Nc1cc(C)ccn1. The molecule has 18 heavy (non-hydrogen) atoms. The van der Waals surface area contributed by atoms with Gasteiger partial charge in [-0.25, -0.2) is 4.98 Å². The van der Waals surface area contributed by atoms with E-state index in [9.17, 15) is 9.59 Å². The summed E-state index contributed by atoms with van der Waals surface area (Å²) >= 11 is 0. The Hall–Kier alpha value is -1.91. The van der Waals surface area contributed by atoms with E-state index < -0.39 is 11.8 Å². The van der Waals surface area contributed by atoms with Gasteiger partial charge >= 0.3 is 11.8 Å². The topological polar surface area (TPSA) is 62.3 Å². The van der Waals surface area contributed by atoms with Crippen molar-refractivity contribution in [3.8, 4) is 0 Å². The zero-order valence-corrected chi connectivity index (χ0v) is 11.1. The van der Waals surface area contributed by atoms with Gasteiger partial charge in [-0.2, -0.15) is 0 Å². The average molecular weight is 249 g/mol. The zero-order chi connectivity index (χ0) is 13.5. The minimum absolute atomic E-state index is 0.400. The van der Waals surface area contributed by atoms with Crippen molar-refractivity contribution < 1.29 is 9.59 Å². The van der Waals surface area contributed by atoms with Crippen LogP contribution in [-0.4, -0.2) is 35.3 Å². The van der Waals surface area contributed by atoms with E-state index in [1.807, 2.05) is 19.9 Å². The Balaban J connectivity index is 2.57. The fourth-order valence-electron chi connectivity index (χ4n) is 1.44. The molecule has 98 valence electrons. The number of amides is 2. The van der Waals surface area contributed by atoms with Crippen LogP contribution in [0.15, 0.2) is 18.3 Å². The second kappa shape index (κ2) is 6.74. The van der Waals surface area contributed by atoms with E-state index in [4.69, 9.17) is 0 Å². The molecule has 0 saturated carbocycles. The highest BCUT2D eigenvalue weighted by molar-refractivity contribution is 6.39. The second-order valence-electron chi connectivity index (χ2n) is 4.25. The fourth-order valence-corrected chi connectivity index (χ4v) is 1.44. The Bertz CT molecular complexity index is 432. The van der Waals surface area contributed by atoms with Crippen LogP contribution in [0.3, 0.4) is 0 Å². The number of aromatic nitrogens is 1. The van der Waals surface area contributed by atoms with Crippen molar-refractivity contribution in [1.82, 2.24) is 9.88 Å². The molecule has 1 aromatic rings. The number of anilines is 1. The fraction of sp³-hybridized carbons (Fsp3) is 0.462. The van der Waals surface area contributed by atoms with Crippen LogP contribution < -0.4 is 5.32 Å². The first-order valence-corrected chi connectivity index (χ1v) is 6.03. The van der Waals surface area contributed by atoms with Crippen molar-refractivity contribution >= 4 is 17.6 Å². The van der Waals surface area contributed by atoms with Crippen LogP contribution >= 0.6 is 0 Å². The summed E-state index contributed by atoms with van der Waals surface area (Å²) < 4.78 is 0. The van der Waals surface area contributed by atoms with Gasteiger partial charge in [-0.3, -0.25) is 9.59 Å². The molecule has 0 aliphatic rings. The number of pyridine rings is 1. The van der Waals surface area contributed by atoms with Gasteiger partial charge in [-0.15, -0.1) is 0 Å². The lowest BCUT2D eigenvalue weighted by Crippen LogP contribution is -2.37. The molecule has 2 amide bonds. The van der Waals surface area contributed by atoms with Crippen LogP contribution in [0.25, 0.3) is 0 Å². The van der Waals surface area contributed by atoms with E-state index in [0.29, 0.717) is 12.4 Å². The highest BCUT2D eigenvalue weighted by atomic mass is 16.2. The van der Waals surface area contributed by atoms with Crippen molar-refractivity contribution in [2.45, 2.75) is 26.7 Å². The summed E-state index contributed by atoms with van der Waals surface area (Å²) in [6, 6.07) is 3.54. The monoisotopic (exact) mass is 249 g/mol. The van der Waals surface area contributed by atoms with Gasteiger partial charge in [-0.05, 0) is 31.0 Å². The maximum absolute atomic E-state index is 11.7. The molecule has 0 atom stereocenters. The molecule has 1 heterocycles. The smallest absolute Gasteiger partial charge is 0.315 e. The molecule has 0 fully saturated rings. The zero-order valence-electron chi connectivity index (χ0n) is 11.1. The Morgan fingerprint density at radius 2 is 2.17 bits per heavy atom. The molecule has 1 aromatic heterocycles. The minimum atomic E-state index is -0.647. The molecule has 0 unspecified atom stereocenters. The molecule has 0 saturated heterocycles. The molecule has 5 heteroatoms. The molecule has 0 bridgehead atoms. The Morgan fingerprint density at radius 3 is 2.78 bits per heavy atom. The first-order valence-electron chi connectivity index (χ1n) is 6.03. The Morgan fingerprint density at radius 1 is 1.44 bits per heavy atom. The molecule has 0 aliphatic heterocycles. The van der Waals surface area contributed by atoms with Crippen molar-refractivity contribution in [2.24, 2.45) is 0 Å². The number of carbonyl (C=O) groups excluding carboxylic acids is 2. The van der Waals surface area contributed by atoms with Gasteiger partial charge in [-0.1, -0.05) is 13.3 Å². The number of unbranched alkanes of at least 4 members (excludes halogenated alkanes) is 1. The molecule has 0 radical (unpaired) electrons. The van der Waals surface area contributed by atoms with E-state index in [2.05, 4.69) is 10.3 Å². The highest BCUT2D eigenvalue weighted by Crippen LogP contribution is 2.05. The van der Waals surface area contributed by atoms with Gasteiger partial charge in [0.25, 0.3) is 0 Å². The number of nitrogens with one attached hydrogen (secondary N) is 1. The number of likely N-dealkylation sites (N-methyl/N-ethyl adjacent to an activating group) is 1. The lowest BCUT2D eigenvalue weighted by atomic mass is 10.3. The van der Waals surface area contributed by atoms with Crippen molar-refractivity contribution in [3.63, 3.8) is 0 Å². The number of aryl methyl sites for hydroxylation is 1. The summed E-state index contributed by atoms with van der Waals surface area (Å²) in [4.78, 5) is 28.8. The van der Waals surface area contributed by atoms with Crippen molar-refractivity contribution in [3.05, 3.63) is 23.9 Å². The standard InChI is InChI=1S/C13H19N3O2/c1-4-5-8-16(3)13(18)12(17)15-11-9-10(2)6-7-14-11/h6-7,9H,4-5,8H2,1-3H3,(H,14,15,17). The quantitative estimate of drug-likeness (QED) is 0.824. The second-order valence-corrected chi connectivity index (χ2v) is 4.25. The maximum atomic E-state index is 11.7. The van der Waals surface area contributed by atoms with Gasteiger partial charge in [0, 0.05) is 19.8 Å². The predicted octanol–water partition coefficient (Wildman–Crippen LogP) is 1.59. The van der Waals surface area contributed by atoms with Crippen LogP contribution in [0.2, 0.25) is 0 Å². The van der Waals surface area contributed by atoms with E-state index in [1.54, 1.807) is 19.3 Å². The molecular formula is C13H19N3O2. The molecule has 0 aliphatic carbocycles. The number of nitrogens with zero attached hydrogens (tertiary/aromatic N) is 2. The summed E-state index contributed by atoms with van der Waals surface area (Å²) in [6.07, 6.45) is 3.47. The van der Waals surface area contributed by atoms with Crippen molar-refractivity contribution in [1.29, 1.82) is 0 Å². The molecule has 0 aromatic carbocycles. The van der Waals surface area contributed by atoms with E-state index in [0.717, 1.165) is 18.4 Å². The van der Waals surface area contributed by atoms with Crippen LogP contribution in [0.5, 0.6) is 0 Å². The summed E-state index contributed by atoms with van der Waals surface area (Å²) in [6.45, 7) is 4.52. The van der Waals surface area contributed by atoms with Crippen LogP contribution in [0.1, 0.15) is 25.3 Å². The van der Waals surface area contributed by atoms with E-state index >= 15 is 0 Å². The van der Waals surface area contributed by atoms with Gasteiger partial charge < -0.3 is 10.2 Å². The third-order valence-corrected chi connectivity index (χ3v) is 2.55. The van der Waals surface area contributed by atoms with Gasteiger partial charge in [0.1, 0.15) is 5.82 Å². The molecular weight excluding hydrogens is 230 g/mol. The Labute approximate surface area is 107 Å².